The summed E-state index contributed by atoms with van der Waals surface area (Å²) in [5, 5.41) is 4.32. The minimum atomic E-state index is -3.61. The fourth-order valence-corrected chi connectivity index (χ4v) is 3.81. The van der Waals surface area contributed by atoms with Crippen molar-refractivity contribution in [3.8, 4) is 0 Å². The largest absolute Gasteiger partial charge is 0.351 e. The van der Waals surface area contributed by atoms with Gasteiger partial charge in [0.25, 0.3) is 15.6 Å². The maximum Gasteiger partial charge on any atom is 0.266 e. The quantitative estimate of drug-likeness (QED) is 0.773. The highest BCUT2D eigenvalue weighted by atomic mass is 32.2. The zero-order valence-corrected chi connectivity index (χ0v) is 14.2. The standard InChI is InChI=1S/C14H20N6O3S/c1-19-14(21)6-5-12(18-19)20-7-3-2-4-11(20)8-17-24(22,23)13-9-15-10-16-13/h5-6,9-11,17H,2-4,7-8H2,1H3,(H,15,16). The first-order valence-electron chi connectivity index (χ1n) is 7.76. The number of aryl methyl sites for hydroxylation is 1. The van der Waals surface area contributed by atoms with Crippen LogP contribution in [0.4, 0.5) is 5.82 Å². The van der Waals surface area contributed by atoms with Gasteiger partial charge in [0, 0.05) is 32.2 Å². The van der Waals surface area contributed by atoms with E-state index < -0.39 is 10.0 Å². The van der Waals surface area contributed by atoms with Crippen LogP contribution in [0.25, 0.3) is 0 Å². The van der Waals surface area contributed by atoms with Crippen molar-refractivity contribution in [2.45, 2.75) is 30.3 Å². The number of aromatic amines is 1. The highest BCUT2D eigenvalue weighted by molar-refractivity contribution is 7.89. The second-order valence-corrected chi connectivity index (χ2v) is 7.50. The summed E-state index contributed by atoms with van der Waals surface area (Å²) in [6, 6.07) is 3.15. The molecule has 3 heterocycles. The third-order valence-corrected chi connectivity index (χ3v) is 5.49. The zero-order chi connectivity index (χ0) is 17.2. The molecule has 3 rings (SSSR count). The molecule has 1 aliphatic rings. The summed E-state index contributed by atoms with van der Waals surface area (Å²) in [7, 11) is -2.00. The van der Waals surface area contributed by atoms with Gasteiger partial charge in [-0.05, 0) is 25.3 Å². The van der Waals surface area contributed by atoms with E-state index in [0.29, 0.717) is 5.82 Å². The van der Waals surface area contributed by atoms with Gasteiger partial charge in [-0.3, -0.25) is 4.79 Å². The van der Waals surface area contributed by atoms with Crippen LogP contribution in [-0.2, 0) is 17.1 Å². The normalized spacial score (nSPS) is 18.7. The Labute approximate surface area is 139 Å². The predicted molar refractivity (Wildman–Crippen MR) is 88.2 cm³/mol. The molecule has 0 radical (unpaired) electrons. The molecule has 2 aromatic rings. The molecular weight excluding hydrogens is 332 g/mol. The van der Waals surface area contributed by atoms with Crippen LogP contribution in [0, 0.1) is 0 Å². The Bertz CT molecular complexity index is 846. The second kappa shape index (κ2) is 6.73. The van der Waals surface area contributed by atoms with Gasteiger partial charge in [0.2, 0.25) is 0 Å². The fourth-order valence-electron chi connectivity index (χ4n) is 2.83. The number of aromatic nitrogens is 4. The molecule has 2 N–H and O–H groups in total. The fraction of sp³-hybridized carbons (Fsp3) is 0.500. The van der Waals surface area contributed by atoms with E-state index in [9.17, 15) is 13.2 Å². The molecule has 10 heteroatoms. The summed E-state index contributed by atoms with van der Waals surface area (Å²) >= 11 is 0. The molecule has 1 unspecified atom stereocenters. The van der Waals surface area contributed by atoms with Crippen LogP contribution in [0.3, 0.4) is 0 Å². The van der Waals surface area contributed by atoms with Crippen molar-refractivity contribution in [1.82, 2.24) is 24.5 Å². The first-order chi connectivity index (χ1) is 11.5. The number of imidazole rings is 1. The Morgan fingerprint density at radius 3 is 2.92 bits per heavy atom. The van der Waals surface area contributed by atoms with Crippen molar-refractivity contribution in [2.75, 3.05) is 18.0 Å². The highest BCUT2D eigenvalue weighted by Gasteiger charge is 2.26. The Kier molecular flexibility index (Phi) is 4.67. The molecule has 0 bridgehead atoms. The SMILES string of the molecule is Cn1nc(N2CCCCC2CNS(=O)(=O)c2cnc[nH]2)ccc1=O. The van der Waals surface area contributed by atoms with Crippen molar-refractivity contribution < 1.29 is 8.42 Å². The van der Waals surface area contributed by atoms with E-state index in [2.05, 4.69) is 24.7 Å². The van der Waals surface area contributed by atoms with Crippen LogP contribution in [0.1, 0.15) is 19.3 Å². The van der Waals surface area contributed by atoms with E-state index in [4.69, 9.17) is 0 Å². The molecule has 0 aromatic carbocycles. The molecule has 1 atom stereocenters. The second-order valence-electron chi connectivity index (χ2n) is 5.76. The predicted octanol–water partition coefficient (Wildman–Crippen LogP) is -0.159. The topological polar surface area (TPSA) is 113 Å². The third-order valence-electron chi connectivity index (χ3n) is 4.14. The van der Waals surface area contributed by atoms with E-state index in [0.717, 1.165) is 25.8 Å². The van der Waals surface area contributed by atoms with Crippen molar-refractivity contribution in [3.05, 3.63) is 35.0 Å². The van der Waals surface area contributed by atoms with E-state index >= 15 is 0 Å². The van der Waals surface area contributed by atoms with Crippen LogP contribution in [0.5, 0.6) is 0 Å². The number of nitrogens with one attached hydrogen (secondary N) is 2. The zero-order valence-electron chi connectivity index (χ0n) is 13.3. The summed E-state index contributed by atoms with van der Waals surface area (Å²) in [6.45, 7) is 1.05. The van der Waals surface area contributed by atoms with E-state index in [-0.39, 0.29) is 23.2 Å². The van der Waals surface area contributed by atoms with Gasteiger partial charge in [0.15, 0.2) is 5.03 Å². The average molecular weight is 352 g/mol. The molecule has 0 aliphatic carbocycles. The lowest BCUT2D eigenvalue weighted by atomic mass is 10.0. The lowest BCUT2D eigenvalue weighted by molar-refractivity contribution is 0.446. The molecule has 0 spiro atoms. The number of piperidine rings is 1. The average Bonchev–Trinajstić information content (AvgIpc) is 3.11. The van der Waals surface area contributed by atoms with Gasteiger partial charge in [-0.25, -0.2) is 22.8 Å². The summed E-state index contributed by atoms with van der Waals surface area (Å²) in [5.41, 5.74) is -0.174. The number of sulfonamides is 1. The maximum absolute atomic E-state index is 12.2. The Morgan fingerprint density at radius 1 is 1.38 bits per heavy atom. The maximum atomic E-state index is 12.2. The number of hydrogen-bond donors (Lipinski definition) is 2. The summed E-state index contributed by atoms with van der Waals surface area (Å²) in [5.74, 6) is 0.683. The van der Waals surface area contributed by atoms with Crippen LogP contribution in [0.2, 0.25) is 0 Å². The lowest BCUT2D eigenvalue weighted by Gasteiger charge is -2.36. The Balaban J connectivity index is 1.75. The molecule has 24 heavy (non-hydrogen) atoms. The lowest BCUT2D eigenvalue weighted by Crippen LogP contribution is -2.47. The highest BCUT2D eigenvalue weighted by Crippen LogP contribution is 2.22. The van der Waals surface area contributed by atoms with Crippen molar-refractivity contribution in [1.29, 1.82) is 0 Å². The summed E-state index contributed by atoms with van der Waals surface area (Å²) in [6.07, 6.45) is 5.49. The number of hydrogen-bond acceptors (Lipinski definition) is 6. The molecule has 1 fully saturated rings. The van der Waals surface area contributed by atoms with E-state index in [1.165, 1.54) is 23.3 Å². The number of nitrogens with zero attached hydrogens (tertiary/aromatic N) is 4. The Morgan fingerprint density at radius 2 is 2.21 bits per heavy atom. The van der Waals surface area contributed by atoms with Crippen molar-refractivity contribution in [2.24, 2.45) is 7.05 Å². The van der Waals surface area contributed by atoms with Gasteiger partial charge in [0.1, 0.15) is 5.82 Å². The monoisotopic (exact) mass is 352 g/mol. The van der Waals surface area contributed by atoms with Gasteiger partial charge >= 0.3 is 0 Å². The van der Waals surface area contributed by atoms with Crippen molar-refractivity contribution >= 4 is 15.8 Å². The smallest absolute Gasteiger partial charge is 0.266 e. The van der Waals surface area contributed by atoms with Gasteiger partial charge in [0.05, 0.1) is 12.5 Å². The van der Waals surface area contributed by atoms with Gasteiger partial charge in [-0.2, -0.15) is 5.10 Å². The molecule has 2 aromatic heterocycles. The molecule has 1 saturated heterocycles. The van der Waals surface area contributed by atoms with Crippen LogP contribution in [0.15, 0.2) is 34.5 Å². The van der Waals surface area contributed by atoms with Crippen LogP contribution >= 0.6 is 0 Å². The van der Waals surface area contributed by atoms with E-state index in [1.54, 1.807) is 13.1 Å². The van der Waals surface area contributed by atoms with E-state index in [1.807, 2.05) is 0 Å². The summed E-state index contributed by atoms with van der Waals surface area (Å²) < 4.78 is 28.3. The van der Waals surface area contributed by atoms with Crippen LogP contribution in [-0.4, -0.2) is 47.3 Å². The number of rotatable bonds is 5. The third kappa shape index (κ3) is 3.49. The Hall–Kier alpha value is -2.20. The van der Waals surface area contributed by atoms with Crippen LogP contribution < -0.4 is 15.2 Å². The van der Waals surface area contributed by atoms with Gasteiger partial charge in [-0.15, -0.1) is 0 Å². The van der Waals surface area contributed by atoms with Crippen molar-refractivity contribution in [3.63, 3.8) is 0 Å². The van der Waals surface area contributed by atoms with Gasteiger partial charge < -0.3 is 9.88 Å². The number of anilines is 1. The van der Waals surface area contributed by atoms with Gasteiger partial charge in [-0.1, -0.05) is 0 Å². The minimum Gasteiger partial charge on any atom is -0.351 e. The molecule has 130 valence electrons. The molecule has 0 saturated carbocycles. The first-order valence-corrected chi connectivity index (χ1v) is 9.25. The summed E-state index contributed by atoms with van der Waals surface area (Å²) in [4.78, 5) is 19.9. The molecule has 1 aliphatic heterocycles. The first kappa shape index (κ1) is 16.7. The minimum absolute atomic E-state index is 0.0125. The molecule has 0 amide bonds. The molecule has 9 nitrogen and oxygen atoms in total. The number of H-pyrrole nitrogens is 1. The molecular formula is C14H20N6O3S.